The largest absolute Gasteiger partial charge is 0.309 e. The van der Waals surface area contributed by atoms with E-state index in [9.17, 15) is 4.39 Å². The monoisotopic (exact) mass is 267 g/mol. The summed E-state index contributed by atoms with van der Waals surface area (Å²) < 4.78 is 15.2. The standard InChI is InChI=1S/C13H15ClFN3/c1-9(2)16-8-11-5-6-18(17-11)13-4-3-10(14)7-12(13)15/h3-7,9,16H,8H2,1-2H3. The smallest absolute Gasteiger partial charge is 0.150 e. The maximum absolute atomic E-state index is 13.7. The summed E-state index contributed by atoms with van der Waals surface area (Å²) in [6, 6.07) is 6.80. The van der Waals surface area contributed by atoms with Crippen molar-refractivity contribution in [2.45, 2.75) is 26.4 Å². The molecule has 1 N–H and O–H groups in total. The number of rotatable bonds is 4. The first-order valence-corrected chi connectivity index (χ1v) is 6.17. The fraction of sp³-hybridized carbons (Fsp3) is 0.308. The number of benzene rings is 1. The Labute approximate surface area is 111 Å². The van der Waals surface area contributed by atoms with Crippen LogP contribution in [-0.2, 0) is 6.54 Å². The summed E-state index contributed by atoms with van der Waals surface area (Å²) in [6.45, 7) is 4.80. The normalized spacial score (nSPS) is 11.2. The zero-order valence-corrected chi connectivity index (χ0v) is 11.1. The molecule has 0 spiro atoms. The lowest BCUT2D eigenvalue weighted by Crippen LogP contribution is -2.22. The van der Waals surface area contributed by atoms with Gasteiger partial charge < -0.3 is 5.32 Å². The zero-order chi connectivity index (χ0) is 13.1. The van der Waals surface area contributed by atoms with Crippen molar-refractivity contribution in [2.24, 2.45) is 0 Å². The molecule has 1 aromatic carbocycles. The van der Waals surface area contributed by atoms with Crippen molar-refractivity contribution < 1.29 is 4.39 Å². The third-order valence-corrected chi connectivity index (χ3v) is 2.73. The highest BCUT2D eigenvalue weighted by Gasteiger charge is 2.07. The summed E-state index contributed by atoms with van der Waals surface area (Å²) in [5.41, 5.74) is 1.27. The minimum Gasteiger partial charge on any atom is -0.309 e. The van der Waals surface area contributed by atoms with Gasteiger partial charge in [-0.3, -0.25) is 0 Å². The molecule has 0 aliphatic heterocycles. The van der Waals surface area contributed by atoms with Gasteiger partial charge in [-0.1, -0.05) is 25.4 Å². The van der Waals surface area contributed by atoms with Crippen LogP contribution in [0.5, 0.6) is 0 Å². The maximum atomic E-state index is 13.7. The lowest BCUT2D eigenvalue weighted by molar-refractivity contribution is 0.574. The fourth-order valence-corrected chi connectivity index (χ4v) is 1.72. The topological polar surface area (TPSA) is 29.9 Å². The third-order valence-electron chi connectivity index (χ3n) is 2.49. The molecule has 0 fully saturated rings. The van der Waals surface area contributed by atoms with E-state index in [0.29, 0.717) is 23.3 Å². The van der Waals surface area contributed by atoms with Gasteiger partial charge in [-0.2, -0.15) is 5.10 Å². The van der Waals surface area contributed by atoms with Crippen LogP contribution in [0.2, 0.25) is 5.02 Å². The van der Waals surface area contributed by atoms with Crippen molar-refractivity contribution in [3.8, 4) is 5.69 Å². The van der Waals surface area contributed by atoms with Crippen LogP contribution >= 0.6 is 11.6 Å². The van der Waals surface area contributed by atoms with Crippen molar-refractivity contribution in [3.63, 3.8) is 0 Å². The molecule has 2 rings (SSSR count). The van der Waals surface area contributed by atoms with Gasteiger partial charge in [0, 0.05) is 23.8 Å². The minimum atomic E-state index is -0.381. The number of halogens is 2. The van der Waals surface area contributed by atoms with Crippen LogP contribution in [0.25, 0.3) is 5.69 Å². The van der Waals surface area contributed by atoms with E-state index >= 15 is 0 Å². The Bertz CT molecular complexity index is 537. The fourth-order valence-electron chi connectivity index (χ4n) is 1.57. The molecule has 2 aromatic rings. The van der Waals surface area contributed by atoms with Gasteiger partial charge in [-0.05, 0) is 24.3 Å². The van der Waals surface area contributed by atoms with Crippen LogP contribution < -0.4 is 5.32 Å². The lowest BCUT2D eigenvalue weighted by Gasteiger charge is -2.06. The summed E-state index contributed by atoms with van der Waals surface area (Å²) in [5.74, 6) is -0.381. The Morgan fingerprint density at radius 1 is 1.39 bits per heavy atom. The van der Waals surface area contributed by atoms with E-state index in [1.807, 2.05) is 6.07 Å². The third kappa shape index (κ3) is 3.09. The second-order valence-electron chi connectivity index (χ2n) is 4.38. The van der Waals surface area contributed by atoms with Crippen LogP contribution in [0.15, 0.2) is 30.5 Å². The quantitative estimate of drug-likeness (QED) is 0.922. The highest BCUT2D eigenvalue weighted by molar-refractivity contribution is 6.30. The predicted octanol–water partition coefficient (Wildman–Crippen LogP) is 3.16. The summed E-state index contributed by atoms with van der Waals surface area (Å²) in [7, 11) is 0. The lowest BCUT2D eigenvalue weighted by atomic mass is 10.3. The van der Waals surface area contributed by atoms with Crippen LogP contribution in [-0.4, -0.2) is 15.8 Å². The van der Waals surface area contributed by atoms with Gasteiger partial charge in [0.15, 0.2) is 0 Å². The van der Waals surface area contributed by atoms with Gasteiger partial charge in [0.25, 0.3) is 0 Å². The van der Waals surface area contributed by atoms with Crippen LogP contribution in [0.1, 0.15) is 19.5 Å². The molecule has 1 aromatic heterocycles. The Kier molecular flexibility index (Phi) is 3.99. The zero-order valence-electron chi connectivity index (χ0n) is 10.3. The Morgan fingerprint density at radius 2 is 2.17 bits per heavy atom. The first-order valence-electron chi connectivity index (χ1n) is 5.79. The van der Waals surface area contributed by atoms with Gasteiger partial charge in [-0.25, -0.2) is 9.07 Å². The average Bonchev–Trinajstić information content (AvgIpc) is 2.75. The van der Waals surface area contributed by atoms with Gasteiger partial charge in [0.1, 0.15) is 11.5 Å². The molecular weight excluding hydrogens is 253 g/mol. The second-order valence-corrected chi connectivity index (χ2v) is 4.82. The van der Waals surface area contributed by atoms with Gasteiger partial charge >= 0.3 is 0 Å². The van der Waals surface area contributed by atoms with Gasteiger partial charge in [-0.15, -0.1) is 0 Å². The highest BCUT2D eigenvalue weighted by atomic mass is 35.5. The van der Waals surface area contributed by atoms with Crippen molar-refractivity contribution in [1.29, 1.82) is 0 Å². The number of nitrogens with zero attached hydrogens (tertiary/aromatic N) is 2. The molecule has 0 saturated heterocycles. The molecule has 5 heteroatoms. The molecule has 0 aliphatic carbocycles. The van der Waals surface area contributed by atoms with Crippen LogP contribution in [0.3, 0.4) is 0 Å². The molecule has 0 aliphatic rings. The SMILES string of the molecule is CC(C)NCc1ccn(-c2ccc(Cl)cc2F)n1. The van der Waals surface area contributed by atoms with E-state index in [1.54, 1.807) is 18.3 Å². The van der Waals surface area contributed by atoms with E-state index in [0.717, 1.165) is 5.69 Å². The summed E-state index contributed by atoms with van der Waals surface area (Å²) in [5, 5.41) is 7.95. The van der Waals surface area contributed by atoms with E-state index in [1.165, 1.54) is 10.7 Å². The minimum absolute atomic E-state index is 0.380. The molecule has 0 bridgehead atoms. The van der Waals surface area contributed by atoms with E-state index in [2.05, 4.69) is 24.3 Å². The van der Waals surface area contributed by atoms with E-state index < -0.39 is 0 Å². The molecule has 0 saturated carbocycles. The molecule has 0 amide bonds. The van der Waals surface area contributed by atoms with E-state index in [-0.39, 0.29) is 5.82 Å². The molecule has 3 nitrogen and oxygen atoms in total. The Morgan fingerprint density at radius 3 is 2.83 bits per heavy atom. The van der Waals surface area contributed by atoms with Gasteiger partial charge in [0.05, 0.1) is 5.69 Å². The average molecular weight is 268 g/mol. The molecule has 0 radical (unpaired) electrons. The number of hydrogen-bond acceptors (Lipinski definition) is 2. The Balaban J connectivity index is 2.18. The number of nitrogens with one attached hydrogen (secondary N) is 1. The summed E-state index contributed by atoms with van der Waals surface area (Å²) in [6.07, 6.45) is 1.74. The number of aromatic nitrogens is 2. The maximum Gasteiger partial charge on any atom is 0.150 e. The first kappa shape index (κ1) is 13.1. The molecular formula is C13H15ClFN3. The molecule has 18 heavy (non-hydrogen) atoms. The van der Waals surface area contributed by atoms with Crippen molar-refractivity contribution in [1.82, 2.24) is 15.1 Å². The van der Waals surface area contributed by atoms with E-state index in [4.69, 9.17) is 11.6 Å². The molecule has 0 unspecified atom stereocenters. The van der Waals surface area contributed by atoms with Crippen LogP contribution in [0, 0.1) is 5.82 Å². The first-order chi connectivity index (χ1) is 8.56. The van der Waals surface area contributed by atoms with Crippen LogP contribution in [0.4, 0.5) is 4.39 Å². The second kappa shape index (κ2) is 5.50. The number of hydrogen-bond donors (Lipinski definition) is 1. The molecule has 96 valence electrons. The predicted molar refractivity (Wildman–Crippen MR) is 70.5 cm³/mol. The highest BCUT2D eigenvalue weighted by Crippen LogP contribution is 2.17. The van der Waals surface area contributed by atoms with Crippen molar-refractivity contribution in [3.05, 3.63) is 47.0 Å². The van der Waals surface area contributed by atoms with Gasteiger partial charge in [0.2, 0.25) is 0 Å². The molecule has 0 atom stereocenters. The van der Waals surface area contributed by atoms with Crippen molar-refractivity contribution in [2.75, 3.05) is 0 Å². The molecule has 1 heterocycles. The van der Waals surface area contributed by atoms with Crippen molar-refractivity contribution >= 4 is 11.6 Å². The Hall–Kier alpha value is -1.39. The summed E-state index contributed by atoms with van der Waals surface area (Å²) >= 11 is 5.71. The summed E-state index contributed by atoms with van der Waals surface area (Å²) in [4.78, 5) is 0.